The van der Waals surface area contributed by atoms with Crippen molar-refractivity contribution in [1.29, 1.82) is 0 Å². The monoisotopic (exact) mass is 228 g/mol. The van der Waals surface area contributed by atoms with Gasteiger partial charge in [0.05, 0.1) is 7.11 Å². The van der Waals surface area contributed by atoms with Gasteiger partial charge in [-0.1, -0.05) is 50.6 Å². The van der Waals surface area contributed by atoms with Crippen molar-refractivity contribution in [2.45, 2.75) is 33.1 Å². The largest absolute Gasteiger partial charge is 0.496 e. The van der Waals surface area contributed by atoms with Gasteiger partial charge in [-0.25, -0.2) is 0 Å². The molecule has 0 spiro atoms. The Morgan fingerprint density at radius 1 is 0.941 bits per heavy atom. The molecule has 0 radical (unpaired) electrons. The lowest BCUT2D eigenvalue weighted by Crippen LogP contribution is -2.11. The molecule has 0 bridgehead atoms. The van der Waals surface area contributed by atoms with E-state index < -0.39 is 0 Å². The van der Waals surface area contributed by atoms with Gasteiger partial charge in [-0.15, -0.1) is 0 Å². The van der Waals surface area contributed by atoms with Crippen LogP contribution in [0.4, 0.5) is 0 Å². The second-order valence-electron chi connectivity index (χ2n) is 5.61. The van der Waals surface area contributed by atoms with Crippen LogP contribution in [-0.4, -0.2) is 7.11 Å². The van der Waals surface area contributed by atoms with Crippen molar-refractivity contribution in [2.24, 2.45) is 0 Å². The van der Waals surface area contributed by atoms with Crippen LogP contribution in [0.2, 0.25) is 0 Å². The van der Waals surface area contributed by atoms with E-state index in [0.717, 1.165) is 5.75 Å². The van der Waals surface area contributed by atoms with Crippen LogP contribution in [0.15, 0.2) is 30.3 Å². The molecule has 0 saturated carbocycles. The van der Waals surface area contributed by atoms with Gasteiger partial charge in [0.15, 0.2) is 0 Å². The Morgan fingerprint density at radius 2 is 1.65 bits per heavy atom. The third kappa shape index (κ3) is 2.14. The van der Waals surface area contributed by atoms with Gasteiger partial charge in [0.25, 0.3) is 0 Å². The molecule has 17 heavy (non-hydrogen) atoms. The van der Waals surface area contributed by atoms with Crippen molar-refractivity contribution >= 4 is 10.8 Å². The first-order valence-electron chi connectivity index (χ1n) is 6.01. The highest BCUT2D eigenvalue weighted by Gasteiger charge is 2.18. The van der Waals surface area contributed by atoms with Gasteiger partial charge in [-0.3, -0.25) is 0 Å². The highest BCUT2D eigenvalue weighted by atomic mass is 16.5. The van der Waals surface area contributed by atoms with E-state index >= 15 is 0 Å². The van der Waals surface area contributed by atoms with Crippen LogP contribution in [0.1, 0.15) is 31.9 Å². The Kier molecular flexibility index (Phi) is 2.86. The first kappa shape index (κ1) is 12.0. The SMILES string of the molecule is COc1ccc(C(C)(C)C)c2cc(C)ccc12. The van der Waals surface area contributed by atoms with Gasteiger partial charge in [0.2, 0.25) is 0 Å². The normalized spacial score (nSPS) is 11.8. The van der Waals surface area contributed by atoms with E-state index in [2.05, 4.69) is 58.0 Å². The van der Waals surface area contributed by atoms with E-state index in [0.29, 0.717) is 0 Å². The molecular formula is C16H20O. The van der Waals surface area contributed by atoms with Crippen molar-refractivity contribution in [3.05, 3.63) is 41.5 Å². The van der Waals surface area contributed by atoms with Crippen molar-refractivity contribution < 1.29 is 4.74 Å². The minimum atomic E-state index is 0.151. The Balaban J connectivity index is 2.84. The molecule has 0 aliphatic heterocycles. The molecule has 0 aromatic heterocycles. The van der Waals surface area contributed by atoms with Crippen LogP contribution < -0.4 is 4.74 Å². The van der Waals surface area contributed by atoms with Crippen LogP contribution in [-0.2, 0) is 5.41 Å². The molecule has 0 aliphatic rings. The fourth-order valence-corrected chi connectivity index (χ4v) is 2.27. The lowest BCUT2D eigenvalue weighted by Gasteiger charge is -2.22. The molecule has 0 saturated heterocycles. The Hall–Kier alpha value is -1.50. The maximum atomic E-state index is 5.43. The fraction of sp³-hybridized carbons (Fsp3) is 0.375. The van der Waals surface area contributed by atoms with Crippen molar-refractivity contribution in [1.82, 2.24) is 0 Å². The minimum Gasteiger partial charge on any atom is -0.496 e. The average Bonchev–Trinajstić information content (AvgIpc) is 2.25. The molecule has 2 rings (SSSR count). The average molecular weight is 228 g/mol. The van der Waals surface area contributed by atoms with Crippen LogP contribution in [0, 0.1) is 6.92 Å². The third-order valence-corrected chi connectivity index (χ3v) is 3.16. The summed E-state index contributed by atoms with van der Waals surface area (Å²) >= 11 is 0. The maximum absolute atomic E-state index is 5.43. The second kappa shape index (κ2) is 4.06. The number of hydrogen-bond donors (Lipinski definition) is 0. The highest BCUT2D eigenvalue weighted by Crippen LogP contribution is 2.35. The number of fused-ring (bicyclic) bond motifs is 1. The Morgan fingerprint density at radius 3 is 2.24 bits per heavy atom. The van der Waals surface area contributed by atoms with Crippen molar-refractivity contribution in [3.8, 4) is 5.75 Å². The Bertz CT molecular complexity index is 547. The van der Waals surface area contributed by atoms with Crippen LogP contribution in [0.3, 0.4) is 0 Å². The molecule has 0 N–H and O–H groups in total. The van der Waals surface area contributed by atoms with E-state index in [1.54, 1.807) is 7.11 Å². The van der Waals surface area contributed by atoms with Gasteiger partial charge >= 0.3 is 0 Å². The number of hydrogen-bond acceptors (Lipinski definition) is 1. The van der Waals surface area contributed by atoms with Crippen LogP contribution >= 0.6 is 0 Å². The summed E-state index contributed by atoms with van der Waals surface area (Å²) in [5.74, 6) is 0.952. The predicted octanol–water partition coefficient (Wildman–Crippen LogP) is 4.45. The third-order valence-electron chi connectivity index (χ3n) is 3.16. The molecule has 1 heteroatoms. The van der Waals surface area contributed by atoms with Gasteiger partial charge in [0, 0.05) is 5.39 Å². The molecular weight excluding hydrogens is 208 g/mol. The van der Waals surface area contributed by atoms with Gasteiger partial charge in [-0.2, -0.15) is 0 Å². The van der Waals surface area contributed by atoms with E-state index in [1.807, 2.05) is 0 Å². The zero-order valence-electron chi connectivity index (χ0n) is 11.3. The number of methoxy groups -OCH3 is 1. The Labute approximate surface area is 103 Å². The van der Waals surface area contributed by atoms with E-state index in [1.165, 1.54) is 21.9 Å². The summed E-state index contributed by atoms with van der Waals surface area (Å²) in [5, 5.41) is 2.50. The second-order valence-corrected chi connectivity index (χ2v) is 5.61. The molecule has 2 aromatic carbocycles. The fourth-order valence-electron chi connectivity index (χ4n) is 2.27. The summed E-state index contributed by atoms with van der Waals surface area (Å²) in [6.45, 7) is 8.87. The van der Waals surface area contributed by atoms with Gasteiger partial charge in [0.1, 0.15) is 5.75 Å². The molecule has 0 fully saturated rings. The van der Waals surface area contributed by atoms with Crippen LogP contribution in [0.25, 0.3) is 10.8 Å². The van der Waals surface area contributed by atoms with E-state index in [4.69, 9.17) is 4.74 Å². The molecule has 1 nitrogen and oxygen atoms in total. The number of ether oxygens (including phenoxy) is 1. The smallest absolute Gasteiger partial charge is 0.126 e. The number of aryl methyl sites for hydroxylation is 1. The van der Waals surface area contributed by atoms with Crippen molar-refractivity contribution in [2.75, 3.05) is 7.11 Å². The molecule has 2 aromatic rings. The van der Waals surface area contributed by atoms with Crippen molar-refractivity contribution in [3.63, 3.8) is 0 Å². The lowest BCUT2D eigenvalue weighted by molar-refractivity contribution is 0.419. The molecule has 0 amide bonds. The number of benzene rings is 2. The molecule has 0 aliphatic carbocycles. The summed E-state index contributed by atoms with van der Waals surface area (Å²) in [5.41, 5.74) is 2.81. The molecule has 0 unspecified atom stereocenters. The van der Waals surface area contributed by atoms with E-state index in [-0.39, 0.29) is 5.41 Å². The number of rotatable bonds is 1. The predicted molar refractivity (Wildman–Crippen MR) is 73.9 cm³/mol. The standard InChI is InChI=1S/C16H20O/c1-11-6-7-12-13(10-11)14(16(2,3)4)8-9-15(12)17-5/h6-10H,1-5H3. The first-order valence-corrected chi connectivity index (χ1v) is 6.01. The zero-order valence-corrected chi connectivity index (χ0v) is 11.3. The minimum absolute atomic E-state index is 0.151. The lowest BCUT2D eigenvalue weighted by atomic mass is 9.83. The molecule has 90 valence electrons. The maximum Gasteiger partial charge on any atom is 0.126 e. The summed E-state index contributed by atoms with van der Waals surface area (Å²) in [4.78, 5) is 0. The summed E-state index contributed by atoms with van der Waals surface area (Å²) in [7, 11) is 1.73. The highest BCUT2D eigenvalue weighted by molar-refractivity contribution is 5.92. The first-order chi connectivity index (χ1) is 7.93. The summed E-state index contributed by atoms with van der Waals surface area (Å²) < 4.78 is 5.43. The summed E-state index contributed by atoms with van der Waals surface area (Å²) in [6.07, 6.45) is 0. The zero-order chi connectivity index (χ0) is 12.6. The molecule has 0 atom stereocenters. The quantitative estimate of drug-likeness (QED) is 0.700. The van der Waals surface area contributed by atoms with Gasteiger partial charge in [-0.05, 0) is 29.4 Å². The van der Waals surface area contributed by atoms with Crippen LogP contribution in [0.5, 0.6) is 5.75 Å². The van der Waals surface area contributed by atoms with E-state index in [9.17, 15) is 0 Å². The molecule has 0 heterocycles. The van der Waals surface area contributed by atoms with Gasteiger partial charge < -0.3 is 4.74 Å². The topological polar surface area (TPSA) is 9.23 Å². The summed E-state index contributed by atoms with van der Waals surface area (Å²) in [6, 6.07) is 10.8.